The van der Waals surface area contributed by atoms with Crippen LogP contribution in [0.2, 0.25) is 0 Å². The predicted molar refractivity (Wildman–Crippen MR) is 63.0 cm³/mol. The summed E-state index contributed by atoms with van der Waals surface area (Å²) in [6.07, 6.45) is 1.60. The molecule has 1 rings (SSSR count). The van der Waals surface area contributed by atoms with Gasteiger partial charge in [-0.25, -0.2) is 0 Å². The fraction of sp³-hybridized carbons (Fsp3) is 0.273. The van der Waals surface area contributed by atoms with E-state index < -0.39 is 7.12 Å². The molecule has 0 saturated carbocycles. The van der Waals surface area contributed by atoms with Crippen LogP contribution in [0.4, 0.5) is 0 Å². The second-order valence-electron chi connectivity index (χ2n) is 3.15. The quantitative estimate of drug-likeness (QED) is 0.550. The Morgan fingerprint density at radius 2 is 2.00 bits per heavy atom. The van der Waals surface area contributed by atoms with Crippen molar-refractivity contribution in [3.63, 3.8) is 0 Å². The van der Waals surface area contributed by atoms with Gasteiger partial charge in [0.15, 0.2) is 0 Å². The molecule has 0 atom stereocenters. The molecule has 0 heterocycles. The summed E-state index contributed by atoms with van der Waals surface area (Å²) < 4.78 is 10.3. The van der Waals surface area contributed by atoms with Crippen LogP contribution < -0.4 is 4.74 Å². The van der Waals surface area contributed by atoms with Crippen molar-refractivity contribution in [2.75, 3.05) is 20.3 Å². The van der Waals surface area contributed by atoms with E-state index in [1.165, 1.54) is 5.98 Å². The van der Waals surface area contributed by atoms with Gasteiger partial charge < -0.3 is 19.5 Å². The number of hydrogen-bond acceptors (Lipinski definition) is 4. The van der Waals surface area contributed by atoms with Crippen LogP contribution in [0.3, 0.4) is 0 Å². The molecule has 1 aromatic rings. The molecule has 16 heavy (non-hydrogen) atoms. The van der Waals surface area contributed by atoms with Crippen LogP contribution in [-0.4, -0.2) is 37.5 Å². The predicted octanol–water partition coefficient (Wildman–Crippen LogP) is 0.737. The van der Waals surface area contributed by atoms with Gasteiger partial charge in [0.25, 0.3) is 0 Å². The van der Waals surface area contributed by atoms with E-state index in [2.05, 4.69) is 0 Å². The van der Waals surface area contributed by atoms with E-state index >= 15 is 0 Å². The lowest BCUT2D eigenvalue weighted by molar-refractivity contribution is 0.146. The Morgan fingerprint density at radius 3 is 2.69 bits per heavy atom. The number of methoxy groups -OCH3 is 1. The molecule has 5 heteroatoms. The van der Waals surface area contributed by atoms with Crippen LogP contribution >= 0.6 is 0 Å². The summed E-state index contributed by atoms with van der Waals surface area (Å²) >= 11 is 0. The Labute approximate surface area is 95.3 Å². The van der Waals surface area contributed by atoms with Gasteiger partial charge in [-0.1, -0.05) is 30.3 Å². The molecule has 0 fully saturated rings. The summed E-state index contributed by atoms with van der Waals surface area (Å²) in [6, 6.07) is 7.36. The van der Waals surface area contributed by atoms with E-state index in [9.17, 15) is 0 Å². The summed E-state index contributed by atoms with van der Waals surface area (Å²) in [5.74, 6) is 1.97. The Balaban J connectivity index is 2.67. The second-order valence-corrected chi connectivity index (χ2v) is 3.15. The van der Waals surface area contributed by atoms with Gasteiger partial charge in [0.2, 0.25) is 0 Å². The molecule has 0 aromatic heterocycles. The zero-order chi connectivity index (χ0) is 11.8. The molecular formula is C11H15BO4. The number of ether oxygens (including phenoxy) is 2. The molecular weight excluding hydrogens is 207 g/mol. The highest BCUT2D eigenvalue weighted by Gasteiger charge is 2.02. The first kappa shape index (κ1) is 12.8. The van der Waals surface area contributed by atoms with Crippen LogP contribution in [0.15, 0.2) is 30.2 Å². The van der Waals surface area contributed by atoms with Gasteiger partial charge in [0.1, 0.15) is 12.4 Å². The highest BCUT2D eigenvalue weighted by atomic mass is 16.5. The van der Waals surface area contributed by atoms with Crippen molar-refractivity contribution in [1.29, 1.82) is 0 Å². The molecule has 0 unspecified atom stereocenters. The maximum absolute atomic E-state index is 8.73. The van der Waals surface area contributed by atoms with Crippen LogP contribution in [0.25, 0.3) is 6.08 Å². The number of hydrogen-bond donors (Lipinski definition) is 2. The Morgan fingerprint density at radius 1 is 1.25 bits per heavy atom. The molecule has 4 nitrogen and oxygen atoms in total. The summed E-state index contributed by atoms with van der Waals surface area (Å²) in [6.45, 7) is 0.976. The van der Waals surface area contributed by atoms with E-state index in [0.29, 0.717) is 19.0 Å². The number of benzene rings is 1. The molecule has 0 bridgehead atoms. The largest absolute Gasteiger partial charge is 0.491 e. The molecule has 0 aliphatic heterocycles. The van der Waals surface area contributed by atoms with Crippen molar-refractivity contribution in [3.8, 4) is 5.75 Å². The highest BCUT2D eigenvalue weighted by molar-refractivity contribution is 6.48. The van der Waals surface area contributed by atoms with E-state index in [1.54, 1.807) is 13.2 Å². The lowest BCUT2D eigenvalue weighted by atomic mass is 9.90. The summed E-state index contributed by atoms with van der Waals surface area (Å²) in [4.78, 5) is 0. The van der Waals surface area contributed by atoms with E-state index in [1.807, 2.05) is 24.3 Å². The SMILES string of the molecule is COCCOc1ccccc1/C=C/B(O)O. The van der Waals surface area contributed by atoms with Crippen molar-refractivity contribution in [2.24, 2.45) is 0 Å². The maximum Gasteiger partial charge on any atom is 0.480 e. The summed E-state index contributed by atoms with van der Waals surface area (Å²) in [5, 5.41) is 17.5. The first-order valence-corrected chi connectivity index (χ1v) is 4.99. The minimum absolute atomic E-state index is 0.461. The number of para-hydroxylation sites is 1. The molecule has 0 amide bonds. The molecule has 0 saturated heterocycles. The average Bonchev–Trinajstić information content (AvgIpc) is 2.28. The summed E-state index contributed by atoms with van der Waals surface area (Å²) in [7, 11) is 0.157. The van der Waals surface area contributed by atoms with E-state index in [0.717, 1.165) is 5.56 Å². The lowest BCUT2D eigenvalue weighted by Gasteiger charge is -2.08. The van der Waals surface area contributed by atoms with Crippen LogP contribution in [0, 0.1) is 0 Å². The molecule has 2 N–H and O–H groups in total. The number of rotatable bonds is 6. The van der Waals surface area contributed by atoms with Crippen LogP contribution in [0.1, 0.15) is 5.56 Å². The van der Waals surface area contributed by atoms with Crippen LogP contribution in [0.5, 0.6) is 5.75 Å². The maximum atomic E-state index is 8.73. The van der Waals surface area contributed by atoms with Crippen molar-refractivity contribution >= 4 is 13.2 Å². The summed E-state index contributed by atoms with van der Waals surface area (Å²) in [5.41, 5.74) is 0.798. The normalized spacial score (nSPS) is 10.7. The molecule has 86 valence electrons. The standard InChI is InChI=1S/C11H15BO4/c1-15-8-9-16-11-5-3-2-4-10(11)6-7-12(13)14/h2-7,13-14H,8-9H2,1H3/b7-6+. The van der Waals surface area contributed by atoms with Crippen molar-refractivity contribution in [3.05, 3.63) is 35.8 Å². The van der Waals surface area contributed by atoms with Gasteiger partial charge in [-0.2, -0.15) is 0 Å². The molecule has 0 aliphatic carbocycles. The molecule has 0 aliphatic rings. The van der Waals surface area contributed by atoms with Crippen molar-refractivity contribution in [1.82, 2.24) is 0 Å². The van der Waals surface area contributed by atoms with Gasteiger partial charge in [-0.05, 0) is 6.07 Å². The van der Waals surface area contributed by atoms with Gasteiger partial charge in [0.05, 0.1) is 6.61 Å². The fourth-order valence-corrected chi connectivity index (χ4v) is 1.17. The third-order valence-electron chi connectivity index (χ3n) is 1.91. The molecule has 0 radical (unpaired) electrons. The first-order valence-electron chi connectivity index (χ1n) is 4.99. The Kier molecular flexibility index (Phi) is 5.63. The lowest BCUT2D eigenvalue weighted by Crippen LogP contribution is -2.06. The first-order chi connectivity index (χ1) is 7.74. The van der Waals surface area contributed by atoms with Gasteiger partial charge in [-0.15, -0.1) is 0 Å². The highest BCUT2D eigenvalue weighted by Crippen LogP contribution is 2.19. The van der Waals surface area contributed by atoms with Gasteiger partial charge in [-0.3, -0.25) is 0 Å². The van der Waals surface area contributed by atoms with Crippen molar-refractivity contribution in [2.45, 2.75) is 0 Å². The zero-order valence-corrected chi connectivity index (χ0v) is 9.17. The monoisotopic (exact) mass is 222 g/mol. The van der Waals surface area contributed by atoms with E-state index in [4.69, 9.17) is 19.5 Å². The zero-order valence-electron chi connectivity index (χ0n) is 9.17. The Hall–Kier alpha value is -1.30. The minimum atomic E-state index is -1.45. The molecule has 1 aromatic carbocycles. The third kappa shape index (κ3) is 4.48. The topological polar surface area (TPSA) is 58.9 Å². The fourth-order valence-electron chi connectivity index (χ4n) is 1.17. The van der Waals surface area contributed by atoms with E-state index in [-0.39, 0.29) is 0 Å². The van der Waals surface area contributed by atoms with Crippen LogP contribution in [-0.2, 0) is 4.74 Å². The van der Waals surface area contributed by atoms with Gasteiger partial charge >= 0.3 is 7.12 Å². The van der Waals surface area contributed by atoms with Gasteiger partial charge in [0, 0.05) is 12.7 Å². The van der Waals surface area contributed by atoms with Crippen molar-refractivity contribution < 1.29 is 19.5 Å². The second kappa shape index (κ2) is 7.06. The Bertz CT molecular complexity index is 339. The minimum Gasteiger partial charge on any atom is -0.491 e. The smallest absolute Gasteiger partial charge is 0.480 e. The average molecular weight is 222 g/mol. The third-order valence-corrected chi connectivity index (χ3v) is 1.91. The molecule has 0 spiro atoms.